The Hall–Kier alpha value is -4.40. The molecule has 0 amide bonds. The monoisotopic (exact) mass is 506 g/mol. The van der Waals surface area contributed by atoms with E-state index in [2.05, 4.69) is 14.9 Å². The molecule has 36 heavy (non-hydrogen) atoms. The van der Waals surface area contributed by atoms with Crippen molar-refractivity contribution in [2.45, 2.75) is 38.7 Å². The maximum Gasteiger partial charge on any atom is 0.359 e. The van der Waals surface area contributed by atoms with Crippen molar-refractivity contribution in [1.82, 2.24) is 19.3 Å². The van der Waals surface area contributed by atoms with Gasteiger partial charge >= 0.3 is 29.6 Å². The second-order valence-corrected chi connectivity index (χ2v) is 7.70. The van der Waals surface area contributed by atoms with Crippen LogP contribution in [0.4, 0.5) is 0 Å². The Morgan fingerprint density at radius 2 is 1.83 bits per heavy atom. The Balaban J connectivity index is 2.14. The molecule has 3 atom stereocenters. The maximum absolute atomic E-state index is 13.0. The molecule has 2 aromatic heterocycles. The van der Waals surface area contributed by atoms with Crippen LogP contribution >= 0.6 is 0 Å². The molecule has 15 nitrogen and oxygen atoms in total. The highest BCUT2D eigenvalue weighted by Crippen LogP contribution is 2.31. The van der Waals surface area contributed by atoms with Crippen LogP contribution in [0.3, 0.4) is 0 Å². The molecular weight excluding hydrogens is 484 g/mol. The summed E-state index contributed by atoms with van der Waals surface area (Å²) in [6.45, 7) is 2.10. The van der Waals surface area contributed by atoms with Gasteiger partial charge in [0.1, 0.15) is 25.0 Å². The van der Waals surface area contributed by atoms with Gasteiger partial charge < -0.3 is 24.1 Å². The topological polar surface area (TPSA) is 195 Å². The molecule has 1 saturated heterocycles. The van der Waals surface area contributed by atoms with Crippen LogP contribution in [0, 0.1) is 0 Å². The lowest BCUT2D eigenvalue weighted by atomic mass is 10.1. The number of carboxylic acid groups (broad SMARTS) is 1. The van der Waals surface area contributed by atoms with Gasteiger partial charge in [0, 0.05) is 39.1 Å². The third kappa shape index (κ3) is 5.30. The van der Waals surface area contributed by atoms with Crippen LogP contribution in [0.1, 0.15) is 47.5 Å². The fourth-order valence-corrected chi connectivity index (χ4v) is 3.59. The molecule has 1 fully saturated rings. The van der Waals surface area contributed by atoms with Gasteiger partial charge in [0.25, 0.3) is 5.56 Å². The van der Waals surface area contributed by atoms with Gasteiger partial charge in [-0.1, -0.05) is 0 Å². The fraction of sp³-hybridized carbons (Fsp3) is 0.429. The molecule has 0 radical (unpaired) electrons. The van der Waals surface area contributed by atoms with Gasteiger partial charge in [-0.25, -0.2) is 14.4 Å². The van der Waals surface area contributed by atoms with Gasteiger partial charge in [-0.3, -0.25) is 23.5 Å². The minimum Gasteiger partial charge on any atom is -0.476 e. The first-order chi connectivity index (χ1) is 16.9. The molecule has 0 bridgehead atoms. The van der Waals surface area contributed by atoms with Crippen LogP contribution in [0.15, 0.2) is 21.9 Å². The number of hydrogen-bond donors (Lipinski definition) is 1. The van der Waals surface area contributed by atoms with Crippen molar-refractivity contribution in [3.63, 3.8) is 0 Å². The summed E-state index contributed by atoms with van der Waals surface area (Å²) in [6, 6.07) is 0.952. The Bertz CT molecular complexity index is 1350. The van der Waals surface area contributed by atoms with Gasteiger partial charge in [0.05, 0.1) is 12.7 Å². The first-order valence-corrected chi connectivity index (χ1v) is 10.4. The molecule has 0 spiro atoms. The lowest BCUT2D eigenvalue weighted by molar-refractivity contribution is -0.155. The molecule has 1 N–H and O–H groups in total. The summed E-state index contributed by atoms with van der Waals surface area (Å²) in [5.41, 5.74) is -3.21. The van der Waals surface area contributed by atoms with Crippen LogP contribution in [0.25, 0.3) is 11.1 Å². The highest BCUT2D eigenvalue weighted by molar-refractivity contribution is 5.96. The Labute approximate surface area is 202 Å². The standard InChI is InChI=1S/C21H22N4O11/c1-9(26)34-8-15-14(35-10(2)27)6-16(36-15)25-7-12(18(28)24(3)21(25)32)11-5-13(19(29)30)22-23-17(11)20(31)33-4/h5,7,14-16H,6,8H2,1-4H3,(H,29,30). The Morgan fingerprint density at radius 3 is 2.42 bits per heavy atom. The largest absolute Gasteiger partial charge is 0.476 e. The number of ether oxygens (including phenoxy) is 4. The third-order valence-corrected chi connectivity index (χ3v) is 5.25. The summed E-state index contributed by atoms with van der Waals surface area (Å²) >= 11 is 0. The number of methoxy groups -OCH3 is 1. The molecular formula is C21H22N4O11. The lowest BCUT2D eigenvalue weighted by Crippen LogP contribution is -2.40. The van der Waals surface area contributed by atoms with Crippen LogP contribution < -0.4 is 11.2 Å². The normalized spacial score (nSPS) is 18.9. The predicted molar refractivity (Wildman–Crippen MR) is 116 cm³/mol. The first-order valence-electron chi connectivity index (χ1n) is 10.4. The number of hydrogen-bond acceptors (Lipinski definition) is 12. The summed E-state index contributed by atoms with van der Waals surface area (Å²) < 4.78 is 22.4. The second kappa shape index (κ2) is 10.5. The van der Waals surface area contributed by atoms with Crippen LogP contribution in [0.5, 0.6) is 0 Å². The van der Waals surface area contributed by atoms with Crippen LogP contribution in [-0.4, -0.2) is 74.2 Å². The molecule has 3 heterocycles. The summed E-state index contributed by atoms with van der Waals surface area (Å²) in [5.74, 6) is -3.69. The van der Waals surface area contributed by atoms with E-state index in [1.54, 1.807) is 0 Å². The van der Waals surface area contributed by atoms with Crippen molar-refractivity contribution in [2.24, 2.45) is 7.05 Å². The van der Waals surface area contributed by atoms with E-state index in [9.17, 15) is 33.9 Å². The zero-order valence-corrected chi connectivity index (χ0v) is 19.6. The smallest absolute Gasteiger partial charge is 0.359 e. The average Bonchev–Trinajstić information content (AvgIpc) is 3.22. The van der Waals surface area contributed by atoms with Crippen molar-refractivity contribution >= 4 is 23.9 Å². The third-order valence-electron chi connectivity index (χ3n) is 5.25. The van der Waals surface area contributed by atoms with E-state index >= 15 is 0 Å². The number of esters is 3. The summed E-state index contributed by atoms with van der Waals surface area (Å²) in [4.78, 5) is 72.4. The van der Waals surface area contributed by atoms with Crippen LogP contribution in [0.2, 0.25) is 0 Å². The van der Waals surface area contributed by atoms with Crippen LogP contribution in [-0.2, 0) is 35.6 Å². The molecule has 1 aliphatic heterocycles. The quantitative estimate of drug-likeness (QED) is 0.365. The van der Waals surface area contributed by atoms with Crippen molar-refractivity contribution in [3.8, 4) is 11.1 Å². The number of aromatic nitrogens is 4. The second-order valence-electron chi connectivity index (χ2n) is 7.70. The molecule has 1 aliphatic rings. The number of carbonyl (C=O) groups is 4. The molecule has 15 heteroatoms. The highest BCUT2D eigenvalue weighted by Gasteiger charge is 2.40. The summed E-state index contributed by atoms with van der Waals surface area (Å²) in [6.07, 6.45) is -1.84. The van der Waals surface area contributed by atoms with Crippen molar-refractivity contribution in [3.05, 3.63) is 44.5 Å². The first kappa shape index (κ1) is 26.2. The zero-order valence-electron chi connectivity index (χ0n) is 19.6. The van der Waals surface area contributed by atoms with Gasteiger partial charge in [-0.2, -0.15) is 0 Å². The molecule has 0 saturated carbocycles. The molecule has 0 aliphatic carbocycles. The van der Waals surface area contributed by atoms with E-state index in [-0.39, 0.29) is 24.2 Å². The van der Waals surface area contributed by atoms with Gasteiger partial charge in [-0.05, 0) is 6.07 Å². The molecule has 2 aromatic rings. The summed E-state index contributed by atoms with van der Waals surface area (Å²) in [7, 11) is 2.23. The van der Waals surface area contributed by atoms with E-state index in [4.69, 9.17) is 14.2 Å². The van der Waals surface area contributed by atoms with E-state index in [0.29, 0.717) is 0 Å². The average molecular weight is 506 g/mol. The minimum atomic E-state index is -1.47. The number of carboxylic acids is 1. The zero-order chi connectivity index (χ0) is 26.7. The van der Waals surface area contributed by atoms with Crippen molar-refractivity contribution in [1.29, 1.82) is 0 Å². The van der Waals surface area contributed by atoms with Gasteiger partial charge in [0.2, 0.25) is 0 Å². The predicted octanol–water partition coefficient (Wildman–Crippen LogP) is -0.729. The van der Waals surface area contributed by atoms with Crippen molar-refractivity contribution < 1.29 is 43.2 Å². The summed E-state index contributed by atoms with van der Waals surface area (Å²) in [5, 5.41) is 16.3. The molecule has 3 rings (SSSR count). The molecule has 192 valence electrons. The van der Waals surface area contributed by atoms with E-state index in [1.807, 2.05) is 0 Å². The molecule has 0 aromatic carbocycles. The molecule has 3 unspecified atom stereocenters. The number of carbonyl (C=O) groups excluding carboxylic acids is 3. The number of nitrogens with zero attached hydrogens (tertiary/aromatic N) is 4. The highest BCUT2D eigenvalue weighted by atomic mass is 16.6. The minimum absolute atomic E-state index is 0.0398. The SMILES string of the molecule is COC(=O)c1nnc(C(=O)O)cc1-c1cn(C2CC(OC(C)=O)C(COC(C)=O)O2)c(=O)n(C)c1=O. The number of aromatic carboxylic acids is 1. The van der Waals surface area contributed by atoms with Gasteiger partial charge in [-0.15, -0.1) is 10.2 Å². The maximum atomic E-state index is 13.0. The Kier molecular flexibility index (Phi) is 7.62. The van der Waals surface area contributed by atoms with Crippen molar-refractivity contribution in [2.75, 3.05) is 13.7 Å². The number of rotatable bonds is 7. The van der Waals surface area contributed by atoms with Gasteiger partial charge in [0.15, 0.2) is 11.4 Å². The lowest BCUT2D eigenvalue weighted by Gasteiger charge is -2.18. The van der Waals surface area contributed by atoms with E-state index < -0.39 is 64.9 Å². The van der Waals surface area contributed by atoms with E-state index in [0.717, 1.165) is 28.5 Å². The Morgan fingerprint density at radius 1 is 1.14 bits per heavy atom. The fourth-order valence-electron chi connectivity index (χ4n) is 3.59. The van der Waals surface area contributed by atoms with E-state index in [1.165, 1.54) is 20.9 Å².